The predicted molar refractivity (Wildman–Crippen MR) is 84.7 cm³/mol. The average molecular weight is 290 g/mol. The Kier molecular flexibility index (Phi) is 4.36. The van der Waals surface area contributed by atoms with Crippen LogP contribution in [0.15, 0.2) is 30.3 Å². The van der Waals surface area contributed by atoms with Crippen molar-refractivity contribution in [3.8, 4) is 5.75 Å². The molecule has 0 saturated carbocycles. The van der Waals surface area contributed by atoms with Crippen LogP contribution in [0, 0.1) is 20.8 Å². The molecule has 0 saturated heterocycles. The van der Waals surface area contributed by atoms with Crippen molar-refractivity contribution in [1.29, 1.82) is 0 Å². The molecular formula is C17H20ClNO. The lowest BCUT2D eigenvalue weighted by Gasteiger charge is -2.21. The second kappa shape index (κ2) is 5.86. The molecule has 20 heavy (non-hydrogen) atoms. The molecule has 0 aromatic heterocycles. The molecule has 0 heterocycles. The molecule has 3 heteroatoms. The SMILES string of the molecule is COc1c(C(N)c2cccc(Cl)c2C)ccc(C)c1C. The molecule has 0 bridgehead atoms. The Labute approximate surface area is 125 Å². The van der Waals surface area contributed by atoms with E-state index < -0.39 is 0 Å². The first-order chi connectivity index (χ1) is 9.47. The second-order valence-electron chi connectivity index (χ2n) is 5.06. The van der Waals surface area contributed by atoms with E-state index in [-0.39, 0.29) is 6.04 Å². The van der Waals surface area contributed by atoms with Crippen LogP contribution in [-0.4, -0.2) is 7.11 Å². The molecule has 106 valence electrons. The van der Waals surface area contributed by atoms with E-state index >= 15 is 0 Å². The Bertz CT molecular complexity index is 637. The van der Waals surface area contributed by atoms with E-state index in [0.717, 1.165) is 33.0 Å². The van der Waals surface area contributed by atoms with Gasteiger partial charge in [-0.25, -0.2) is 0 Å². The minimum absolute atomic E-state index is 0.247. The van der Waals surface area contributed by atoms with Crippen molar-refractivity contribution in [2.24, 2.45) is 5.73 Å². The summed E-state index contributed by atoms with van der Waals surface area (Å²) in [6, 6.07) is 9.69. The van der Waals surface area contributed by atoms with Crippen LogP contribution in [-0.2, 0) is 0 Å². The number of nitrogens with two attached hydrogens (primary N) is 1. The van der Waals surface area contributed by atoms with Gasteiger partial charge in [0.1, 0.15) is 5.75 Å². The largest absolute Gasteiger partial charge is 0.496 e. The highest BCUT2D eigenvalue weighted by molar-refractivity contribution is 6.31. The lowest BCUT2D eigenvalue weighted by Crippen LogP contribution is -2.15. The lowest BCUT2D eigenvalue weighted by atomic mass is 9.92. The molecular weight excluding hydrogens is 270 g/mol. The van der Waals surface area contributed by atoms with Crippen molar-refractivity contribution in [2.45, 2.75) is 26.8 Å². The summed E-state index contributed by atoms with van der Waals surface area (Å²) in [4.78, 5) is 0. The monoisotopic (exact) mass is 289 g/mol. The summed E-state index contributed by atoms with van der Waals surface area (Å²) >= 11 is 6.19. The van der Waals surface area contributed by atoms with E-state index in [9.17, 15) is 0 Å². The van der Waals surface area contributed by atoms with Crippen molar-refractivity contribution in [3.63, 3.8) is 0 Å². The average Bonchev–Trinajstić information content (AvgIpc) is 2.44. The van der Waals surface area contributed by atoms with Crippen LogP contribution in [0.2, 0.25) is 5.02 Å². The molecule has 2 aromatic rings. The molecule has 2 rings (SSSR count). The van der Waals surface area contributed by atoms with E-state index in [1.54, 1.807) is 7.11 Å². The number of ether oxygens (including phenoxy) is 1. The molecule has 2 N–H and O–H groups in total. The van der Waals surface area contributed by atoms with E-state index in [0.29, 0.717) is 0 Å². The summed E-state index contributed by atoms with van der Waals surface area (Å²) in [6.07, 6.45) is 0. The lowest BCUT2D eigenvalue weighted by molar-refractivity contribution is 0.404. The number of hydrogen-bond donors (Lipinski definition) is 1. The van der Waals surface area contributed by atoms with Crippen molar-refractivity contribution in [3.05, 3.63) is 63.2 Å². The van der Waals surface area contributed by atoms with Crippen LogP contribution in [0.1, 0.15) is 33.9 Å². The Morgan fingerprint density at radius 2 is 1.70 bits per heavy atom. The van der Waals surface area contributed by atoms with E-state index in [4.69, 9.17) is 22.1 Å². The summed E-state index contributed by atoms with van der Waals surface area (Å²) in [5, 5.41) is 0.737. The molecule has 0 spiro atoms. The fourth-order valence-electron chi connectivity index (χ4n) is 2.46. The molecule has 0 radical (unpaired) electrons. The summed E-state index contributed by atoms with van der Waals surface area (Å²) in [7, 11) is 1.68. The quantitative estimate of drug-likeness (QED) is 0.913. The van der Waals surface area contributed by atoms with Gasteiger partial charge in [0.15, 0.2) is 0 Å². The third-order valence-electron chi connectivity index (χ3n) is 3.89. The Balaban J connectivity index is 2.56. The first kappa shape index (κ1) is 14.9. The van der Waals surface area contributed by atoms with Gasteiger partial charge in [-0.15, -0.1) is 0 Å². The third-order valence-corrected chi connectivity index (χ3v) is 4.30. The summed E-state index contributed by atoms with van der Waals surface area (Å²) in [5.74, 6) is 0.858. The zero-order valence-electron chi connectivity index (χ0n) is 12.3. The minimum Gasteiger partial charge on any atom is -0.496 e. The fourth-order valence-corrected chi connectivity index (χ4v) is 2.64. The smallest absolute Gasteiger partial charge is 0.127 e. The highest BCUT2D eigenvalue weighted by Gasteiger charge is 2.18. The van der Waals surface area contributed by atoms with E-state index in [1.165, 1.54) is 5.56 Å². The molecule has 2 aromatic carbocycles. The van der Waals surface area contributed by atoms with Gasteiger partial charge in [-0.1, -0.05) is 35.9 Å². The standard InChI is InChI=1S/C17H20ClNO/c1-10-8-9-14(17(20-4)11(10)2)16(19)13-6-5-7-15(18)12(13)3/h5-9,16H,19H2,1-4H3. The second-order valence-corrected chi connectivity index (χ2v) is 5.47. The summed E-state index contributed by atoms with van der Waals surface area (Å²) in [6.45, 7) is 6.11. The van der Waals surface area contributed by atoms with Gasteiger partial charge in [0.25, 0.3) is 0 Å². The first-order valence-corrected chi connectivity index (χ1v) is 6.99. The maximum absolute atomic E-state index is 6.44. The Hall–Kier alpha value is -1.51. The molecule has 0 aliphatic rings. The van der Waals surface area contributed by atoms with Gasteiger partial charge in [0, 0.05) is 10.6 Å². The highest BCUT2D eigenvalue weighted by atomic mass is 35.5. The summed E-state index contributed by atoms with van der Waals surface area (Å²) in [5.41, 5.74) is 11.8. The molecule has 0 amide bonds. The molecule has 1 unspecified atom stereocenters. The van der Waals surface area contributed by atoms with Crippen molar-refractivity contribution < 1.29 is 4.74 Å². The van der Waals surface area contributed by atoms with Crippen LogP contribution in [0.25, 0.3) is 0 Å². The molecule has 0 fully saturated rings. The maximum atomic E-state index is 6.44. The number of benzene rings is 2. The van der Waals surface area contributed by atoms with Crippen LogP contribution in [0.4, 0.5) is 0 Å². The van der Waals surface area contributed by atoms with Gasteiger partial charge in [-0.3, -0.25) is 0 Å². The predicted octanol–water partition coefficient (Wildman–Crippen LogP) is 4.32. The van der Waals surface area contributed by atoms with E-state index in [2.05, 4.69) is 19.9 Å². The molecule has 0 aliphatic heterocycles. The number of halogens is 1. The molecule has 0 aliphatic carbocycles. The minimum atomic E-state index is -0.247. The Morgan fingerprint density at radius 1 is 1.00 bits per heavy atom. The zero-order chi connectivity index (χ0) is 14.9. The fraction of sp³-hybridized carbons (Fsp3) is 0.294. The van der Waals surface area contributed by atoms with Crippen molar-refractivity contribution in [2.75, 3.05) is 7.11 Å². The maximum Gasteiger partial charge on any atom is 0.127 e. The van der Waals surface area contributed by atoms with Gasteiger partial charge < -0.3 is 10.5 Å². The normalized spacial score (nSPS) is 12.3. The number of hydrogen-bond acceptors (Lipinski definition) is 2. The first-order valence-electron chi connectivity index (χ1n) is 6.62. The Morgan fingerprint density at radius 3 is 2.35 bits per heavy atom. The van der Waals surface area contributed by atoms with Gasteiger partial charge in [-0.05, 0) is 49.1 Å². The van der Waals surface area contributed by atoms with Crippen molar-refractivity contribution in [1.82, 2.24) is 0 Å². The van der Waals surface area contributed by atoms with Gasteiger partial charge in [0.2, 0.25) is 0 Å². The van der Waals surface area contributed by atoms with E-state index in [1.807, 2.05) is 31.2 Å². The summed E-state index contributed by atoms with van der Waals surface area (Å²) < 4.78 is 5.56. The topological polar surface area (TPSA) is 35.2 Å². The van der Waals surface area contributed by atoms with Gasteiger partial charge in [-0.2, -0.15) is 0 Å². The van der Waals surface area contributed by atoms with Crippen LogP contribution >= 0.6 is 11.6 Å². The van der Waals surface area contributed by atoms with Crippen LogP contribution in [0.3, 0.4) is 0 Å². The van der Waals surface area contributed by atoms with Gasteiger partial charge >= 0.3 is 0 Å². The van der Waals surface area contributed by atoms with Crippen molar-refractivity contribution >= 4 is 11.6 Å². The zero-order valence-corrected chi connectivity index (χ0v) is 13.1. The number of methoxy groups -OCH3 is 1. The number of aryl methyl sites for hydroxylation is 1. The number of rotatable bonds is 3. The van der Waals surface area contributed by atoms with Gasteiger partial charge in [0.05, 0.1) is 13.2 Å². The molecule has 2 nitrogen and oxygen atoms in total. The van der Waals surface area contributed by atoms with Crippen LogP contribution < -0.4 is 10.5 Å². The van der Waals surface area contributed by atoms with Crippen LogP contribution in [0.5, 0.6) is 5.75 Å². The highest BCUT2D eigenvalue weighted by Crippen LogP contribution is 2.35. The molecule has 1 atom stereocenters. The third kappa shape index (κ3) is 2.54.